The molecule has 2 aromatic heterocycles. The van der Waals surface area contributed by atoms with Crippen molar-refractivity contribution < 1.29 is 18.0 Å². The molecule has 1 aromatic carbocycles. The molecular formula is C12H5BrF2N2O2S. The number of fused-ring (bicyclic) bond motifs is 1. The molecule has 0 bridgehead atoms. The number of anilines is 1. The first-order valence-electron chi connectivity index (χ1n) is 5.35. The van der Waals surface area contributed by atoms with E-state index in [4.69, 9.17) is 4.42 Å². The van der Waals surface area contributed by atoms with Crippen LogP contribution in [0.25, 0.3) is 10.2 Å². The second-order valence-corrected chi connectivity index (χ2v) is 5.62. The molecule has 0 aliphatic rings. The number of aromatic nitrogens is 1. The zero-order valence-electron chi connectivity index (χ0n) is 9.62. The summed E-state index contributed by atoms with van der Waals surface area (Å²) in [5.41, 5.74) is 0.0207. The van der Waals surface area contributed by atoms with Gasteiger partial charge in [0.05, 0.1) is 4.70 Å². The van der Waals surface area contributed by atoms with Gasteiger partial charge in [-0.2, -0.15) is 0 Å². The lowest BCUT2D eigenvalue weighted by atomic mass is 10.3. The molecule has 0 unspecified atom stereocenters. The van der Waals surface area contributed by atoms with Gasteiger partial charge in [-0.05, 0) is 34.1 Å². The lowest BCUT2D eigenvalue weighted by molar-refractivity contribution is 0.0995. The highest BCUT2D eigenvalue weighted by atomic mass is 79.9. The van der Waals surface area contributed by atoms with Crippen LogP contribution < -0.4 is 5.32 Å². The Bertz CT molecular complexity index is 815. The fraction of sp³-hybridized carbons (Fsp3) is 0. The molecule has 0 spiro atoms. The molecule has 0 radical (unpaired) electrons. The molecule has 4 nitrogen and oxygen atoms in total. The average molecular weight is 359 g/mol. The number of carbonyl (C=O) groups is 1. The van der Waals surface area contributed by atoms with Crippen LogP contribution in [-0.2, 0) is 0 Å². The fourth-order valence-corrected chi connectivity index (χ4v) is 2.81. The molecular weight excluding hydrogens is 354 g/mol. The molecule has 0 saturated heterocycles. The number of rotatable bonds is 2. The number of thiazole rings is 1. The summed E-state index contributed by atoms with van der Waals surface area (Å²) in [7, 11) is 0. The summed E-state index contributed by atoms with van der Waals surface area (Å²) in [6.45, 7) is 0. The third-order valence-electron chi connectivity index (χ3n) is 2.43. The first kappa shape index (κ1) is 13.2. The van der Waals surface area contributed by atoms with Crippen LogP contribution in [0.4, 0.5) is 13.9 Å². The Morgan fingerprint density at radius 2 is 2.15 bits per heavy atom. The van der Waals surface area contributed by atoms with E-state index in [2.05, 4.69) is 26.2 Å². The van der Waals surface area contributed by atoms with Crippen molar-refractivity contribution in [2.45, 2.75) is 0 Å². The monoisotopic (exact) mass is 358 g/mol. The van der Waals surface area contributed by atoms with Crippen molar-refractivity contribution in [1.29, 1.82) is 0 Å². The lowest BCUT2D eigenvalue weighted by Crippen LogP contribution is -2.10. The first-order valence-corrected chi connectivity index (χ1v) is 6.96. The van der Waals surface area contributed by atoms with Gasteiger partial charge in [0.2, 0.25) is 0 Å². The summed E-state index contributed by atoms with van der Waals surface area (Å²) in [6.07, 6.45) is 0. The maximum absolute atomic E-state index is 13.5. The summed E-state index contributed by atoms with van der Waals surface area (Å²) in [6, 6.07) is 4.96. The maximum Gasteiger partial charge on any atom is 0.293 e. The standard InChI is InChI=1S/C12H5BrF2N2O2S/c13-9-2-1-7(19-9)11(18)17-12-16-10-6(15)3-5(14)4-8(10)20-12/h1-4H,(H,16,17,18). The Balaban J connectivity index is 1.91. The SMILES string of the molecule is O=C(Nc1nc2c(F)cc(F)cc2s1)c1ccc(Br)o1. The molecule has 0 aliphatic heterocycles. The summed E-state index contributed by atoms with van der Waals surface area (Å²) in [5, 5.41) is 2.64. The number of benzene rings is 1. The van der Waals surface area contributed by atoms with E-state index in [-0.39, 0.29) is 16.4 Å². The summed E-state index contributed by atoms with van der Waals surface area (Å²) >= 11 is 4.06. The number of nitrogens with zero attached hydrogens (tertiary/aromatic N) is 1. The van der Waals surface area contributed by atoms with Crippen LogP contribution in [0.2, 0.25) is 0 Å². The molecule has 3 aromatic rings. The van der Waals surface area contributed by atoms with Crippen molar-refractivity contribution in [3.8, 4) is 0 Å². The van der Waals surface area contributed by atoms with Crippen LogP contribution in [-0.4, -0.2) is 10.9 Å². The molecule has 0 aliphatic carbocycles. The number of amides is 1. The van der Waals surface area contributed by atoms with Crippen molar-refractivity contribution >= 4 is 48.5 Å². The topological polar surface area (TPSA) is 55.1 Å². The molecule has 0 fully saturated rings. The predicted molar refractivity (Wildman–Crippen MR) is 73.9 cm³/mol. The quantitative estimate of drug-likeness (QED) is 0.747. The van der Waals surface area contributed by atoms with Crippen LogP contribution in [0.5, 0.6) is 0 Å². The van der Waals surface area contributed by atoms with Crippen LogP contribution in [0.15, 0.2) is 33.4 Å². The molecule has 0 saturated carbocycles. The van der Waals surface area contributed by atoms with E-state index >= 15 is 0 Å². The zero-order valence-corrected chi connectivity index (χ0v) is 12.0. The van der Waals surface area contributed by atoms with Gasteiger partial charge < -0.3 is 4.42 Å². The number of halogens is 3. The van der Waals surface area contributed by atoms with E-state index < -0.39 is 17.5 Å². The third-order valence-corrected chi connectivity index (χ3v) is 3.77. The van der Waals surface area contributed by atoms with Crippen molar-refractivity contribution in [1.82, 2.24) is 4.98 Å². The minimum absolute atomic E-state index is 0.0207. The summed E-state index contributed by atoms with van der Waals surface area (Å²) in [4.78, 5) is 15.7. The van der Waals surface area contributed by atoms with Gasteiger partial charge in [0.25, 0.3) is 5.91 Å². The van der Waals surface area contributed by atoms with Crippen LogP contribution >= 0.6 is 27.3 Å². The Morgan fingerprint density at radius 3 is 2.85 bits per heavy atom. The summed E-state index contributed by atoms with van der Waals surface area (Å²) < 4.78 is 32.4. The second kappa shape index (κ2) is 4.95. The highest BCUT2D eigenvalue weighted by Gasteiger charge is 2.15. The van der Waals surface area contributed by atoms with Crippen LogP contribution in [0.1, 0.15) is 10.6 Å². The van der Waals surface area contributed by atoms with E-state index in [1.54, 1.807) is 6.07 Å². The smallest absolute Gasteiger partial charge is 0.293 e. The van der Waals surface area contributed by atoms with Gasteiger partial charge in [-0.3, -0.25) is 10.1 Å². The molecule has 2 heterocycles. The van der Waals surface area contributed by atoms with E-state index in [0.717, 1.165) is 23.5 Å². The second-order valence-electron chi connectivity index (χ2n) is 3.81. The van der Waals surface area contributed by atoms with Crippen molar-refractivity contribution in [2.24, 2.45) is 0 Å². The van der Waals surface area contributed by atoms with Gasteiger partial charge >= 0.3 is 0 Å². The van der Waals surface area contributed by atoms with E-state index in [0.29, 0.717) is 9.37 Å². The highest BCUT2D eigenvalue weighted by molar-refractivity contribution is 9.10. The number of furan rings is 1. The van der Waals surface area contributed by atoms with Gasteiger partial charge in [-0.25, -0.2) is 13.8 Å². The Kier molecular flexibility index (Phi) is 3.27. The normalized spacial score (nSPS) is 10.9. The number of hydrogen-bond acceptors (Lipinski definition) is 4. The van der Waals surface area contributed by atoms with Crippen molar-refractivity contribution in [3.63, 3.8) is 0 Å². The molecule has 0 atom stereocenters. The minimum Gasteiger partial charge on any atom is -0.444 e. The lowest BCUT2D eigenvalue weighted by Gasteiger charge is -1.96. The van der Waals surface area contributed by atoms with Gasteiger partial charge in [0.1, 0.15) is 11.3 Å². The number of carbonyl (C=O) groups excluding carboxylic acids is 1. The average Bonchev–Trinajstić information content (AvgIpc) is 2.95. The largest absolute Gasteiger partial charge is 0.444 e. The number of hydrogen-bond donors (Lipinski definition) is 1. The first-order chi connectivity index (χ1) is 9.52. The van der Waals surface area contributed by atoms with E-state index in [1.165, 1.54) is 6.07 Å². The molecule has 1 amide bonds. The summed E-state index contributed by atoms with van der Waals surface area (Å²) in [5.74, 6) is -1.89. The van der Waals surface area contributed by atoms with Gasteiger partial charge in [-0.15, -0.1) is 0 Å². The maximum atomic E-state index is 13.5. The zero-order chi connectivity index (χ0) is 14.3. The highest BCUT2D eigenvalue weighted by Crippen LogP contribution is 2.29. The van der Waals surface area contributed by atoms with Crippen LogP contribution in [0.3, 0.4) is 0 Å². The fourth-order valence-electron chi connectivity index (χ4n) is 1.61. The van der Waals surface area contributed by atoms with Crippen LogP contribution in [0, 0.1) is 11.6 Å². The van der Waals surface area contributed by atoms with Crippen molar-refractivity contribution in [3.05, 3.63) is 46.3 Å². The molecule has 102 valence electrons. The van der Waals surface area contributed by atoms with E-state index in [9.17, 15) is 13.6 Å². The Labute approximate surface area is 123 Å². The third kappa shape index (κ3) is 2.44. The number of nitrogens with one attached hydrogen (secondary N) is 1. The van der Waals surface area contributed by atoms with Crippen molar-refractivity contribution in [2.75, 3.05) is 5.32 Å². The van der Waals surface area contributed by atoms with Gasteiger partial charge in [-0.1, -0.05) is 11.3 Å². The predicted octanol–water partition coefficient (Wildman–Crippen LogP) is 4.18. The molecule has 20 heavy (non-hydrogen) atoms. The molecule has 1 N–H and O–H groups in total. The molecule has 8 heteroatoms. The Hall–Kier alpha value is -1.80. The van der Waals surface area contributed by atoms with Gasteiger partial charge in [0.15, 0.2) is 21.4 Å². The minimum atomic E-state index is -0.766. The van der Waals surface area contributed by atoms with E-state index in [1.807, 2.05) is 0 Å². The van der Waals surface area contributed by atoms with Gasteiger partial charge in [0, 0.05) is 6.07 Å². The molecule has 3 rings (SSSR count). The Morgan fingerprint density at radius 1 is 1.35 bits per heavy atom.